The van der Waals surface area contributed by atoms with Crippen molar-refractivity contribution in [2.75, 3.05) is 0 Å². The van der Waals surface area contributed by atoms with Crippen LogP contribution in [0.5, 0.6) is 0 Å². The number of nitriles is 2. The van der Waals surface area contributed by atoms with Crippen molar-refractivity contribution in [3.63, 3.8) is 0 Å². The van der Waals surface area contributed by atoms with Crippen molar-refractivity contribution >= 4 is 65.7 Å². The molecular formula is C48H26N8. The third-order valence-electron chi connectivity index (χ3n) is 10.7. The minimum absolute atomic E-state index is 0.576. The van der Waals surface area contributed by atoms with Gasteiger partial charge in [-0.1, -0.05) is 48.5 Å². The van der Waals surface area contributed by atoms with E-state index in [9.17, 15) is 10.5 Å². The summed E-state index contributed by atoms with van der Waals surface area (Å²) in [5, 5.41) is 24.0. The highest BCUT2D eigenvalue weighted by Crippen LogP contribution is 2.43. The van der Waals surface area contributed by atoms with Crippen LogP contribution < -0.4 is 0 Å². The van der Waals surface area contributed by atoms with Gasteiger partial charge in [-0.3, -0.25) is 9.97 Å². The predicted octanol–water partition coefficient (Wildman–Crippen LogP) is 10.8. The molecule has 11 aromatic rings. The van der Waals surface area contributed by atoms with Crippen LogP contribution >= 0.6 is 0 Å². The summed E-state index contributed by atoms with van der Waals surface area (Å²) in [6, 6.07) is 53.2. The van der Waals surface area contributed by atoms with E-state index in [-0.39, 0.29) is 0 Å². The van der Waals surface area contributed by atoms with Crippen molar-refractivity contribution < 1.29 is 0 Å². The van der Waals surface area contributed by atoms with Crippen LogP contribution in [0.3, 0.4) is 0 Å². The van der Waals surface area contributed by atoms with Crippen molar-refractivity contribution in [3.8, 4) is 46.0 Å². The van der Waals surface area contributed by atoms with E-state index < -0.39 is 0 Å². The van der Waals surface area contributed by atoms with Crippen molar-refractivity contribution in [2.24, 2.45) is 0 Å². The SMILES string of the molecule is N#Cc1ccc2c(c1)c1c3c4cc(C#N)ccc4n(-c4ccc(-c5cnc6ccccc6n5)cc4)c3ccc1n2-c1ccc(-c2cnc3ccccc3n2)cc1. The molecule has 8 heteroatoms. The van der Waals surface area contributed by atoms with Gasteiger partial charge < -0.3 is 9.13 Å². The summed E-state index contributed by atoms with van der Waals surface area (Å²) in [7, 11) is 0. The van der Waals surface area contributed by atoms with Gasteiger partial charge in [0.05, 0.1) is 91.2 Å². The zero-order chi connectivity index (χ0) is 37.3. The minimum atomic E-state index is 0.576. The van der Waals surface area contributed by atoms with Crippen LogP contribution in [0.4, 0.5) is 0 Å². The van der Waals surface area contributed by atoms with Gasteiger partial charge in [0.15, 0.2) is 0 Å². The molecule has 4 aromatic heterocycles. The number of rotatable bonds is 4. The molecule has 0 saturated carbocycles. The van der Waals surface area contributed by atoms with Crippen LogP contribution in [-0.4, -0.2) is 29.1 Å². The van der Waals surface area contributed by atoms with E-state index in [1.165, 1.54) is 0 Å². The number of fused-ring (bicyclic) bond motifs is 9. The van der Waals surface area contributed by atoms with Gasteiger partial charge in [0, 0.05) is 44.0 Å². The first kappa shape index (κ1) is 31.3. The summed E-state index contributed by atoms with van der Waals surface area (Å²) < 4.78 is 4.50. The maximum Gasteiger partial charge on any atom is 0.0991 e. The van der Waals surface area contributed by atoms with E-state index in [0.717, 1.165) is 99.6 Å². The fraction of sp³-hybridized carbons (Fsp3) is 0. The zero-order valence-electron chi connectivity index (χ0n) is 29.6. The second-order valence-electron chi connectivity index (χ2n) is 13.8. The number of hydrogen-bond donors (Lipinski definition) is 0. The van der Waals surface area contributed by atoms with E-state index in [2.05, 4.69) is 91.9 Å². The van der Waals surface area contributed by atoms with E-state index in [4.69, 9.17) is 9.97 Å². The minimum Gasteiger partial charge on any atom is -0.309 e. The molecule has 0 saturated heterocycles. The Morgan fingerprint density at radius 2 is 0.804 bits per heavy atom. The molecule has 258 valence electrons. The molecule has 8 nitrogen and oxygen atoms in total. The van der Waals surface area contributed by atoms with Gasteiger partial charge in [0.2, 0.25) is 0 Å². The Kier molecular flexibility index (Phi) is 6.81. The third-order valence-corrected chi connectivity index (χ3v) is 10.7. The van der Waals surface area contributed by atoms with Crippen molar-refractivity contribution in [1.82, 2.24) is 29.1 Å². The fourth-order valence-corrected chi connectivity index (χ4v) is 8.07. The molecule has 0 N–H and O–H groups in total. The van der Waals surface area contributed by atoms with Crippen LogP contribution in [0, 0.1) is 22.7 Å². The Morgan fingerprint density at radius 1 is 0.411 bits per heavy atom. The van der Waals surface area contributed by atoms with Gasteiger partial charge in [-0.05, 0) is 97.1 Å². The number of hydrogen-bond acceptors (Lipinski definition) is 6. The highest BCUT2D eigenvalue weighted by atomic mass is 15.0. The van der Waals surface area contributed by atoms with Crippen LogP contribution in [0.25, 0.3) is 99.6 Å². The Balaban J connectivity index is 1.12. The van der Waals surface area contributed by atoms with E-state index in [1.54, 1.807) is 0 Å². The van der Waals surface area contributed by atoms with Gasteiger partial charge in [-0.25, -0.2) is 9.97 Å². The average Bonchev–Trinajstić information content (AvgIpc) is 3.78. The highest BCUT2D eigenvalue weighted by Gasteiger charge is 2.22. The molecule has 0 amide bonds. The standard InChI is InChI=1S/C48H26N8/c49-25-29-9-19-43-35(23-29)47-45(55(43)33-15-11-31(12-16-33)41-27-51-37-5-1-3-7-39(37)53-41)21-22-46-48(47)36-24-30(26-50)10-20-44(36)56(46)34-17-13-32(14-18-34)42-28-52-38-6-2-4-8-40(38)54-42/h1-24,27-28H. The van der Waals surface area contributed by atoms with Gasteiger partial charge in [0.1, 0.15) is 0 Å². The molecule has 0 radical (unpaired) electrons. The average molecular weight is 715 g/mol. The molecule has 4 heterocycles. The lowest BCUT2D eigenvalue weighted by Gasteiger charge is -2.11. The molecular weight excluding hydrogens is 689 g/mol. The lowest BCUT2D eigenvalue weighted by molar-refractivity contribution is 1.17. The van der Waals surface area contributed by atoms with Crippen molar-refractivity contribution in [2.45, 2.75) is 0 Å². The molecule has 0 fully saturated rings. The van der Waals surface area contributed by atoms with Gasteiger partial charge in [0.25, 0.3) is 0 Å². The normalized spacial score (nSPS) is 11.5. The third kappa shape index (κ3) is 4.77. The van der Waals surface area contributed by atoms with Crippen molar-refractivity contribution in [1.29, 1.82) is 10.5 Å². The molecule has 0 aliphatic rings. The topological polar surface area (TPSA) is 109 Å². The summed E-state index contributed by atoms with van der Waals surface area (Å²) in [5.41, 5.74) is 14.0. The van der Waals surface area contributed by atoms with Gasteiger partial charge in [-0.15, -0.1) is 0 Å². The molecule has 0 aliphatic carbocycles. The lowest BCUT2D eigenvalue weighted by atomic mass is 10.0. The van der Waals surface area contributed by atoms with Gasteiger partial charge in [-0.2, -0.15) is 10.5 Å². The van der Waals surface area contributed by atoms with Crippen LogP contribution in [0.15, 0.2) is 158 Å². The largest absolute Gasteiger partial charge is 0.309 e. The predicted molar refractivity (Wildman–Crippen MR) is 222 cm³/mol. The highest BCUT2D eigenvalue weighted by molar-refractivity contribution is 6.29. The summed E-state index contributed by atoms with van der Waals surface area (Å²) >= 11 is 0. The molecule has 11 rings (SSSR count). The number of para-hydroxylation sites is 4. The van der Waals surface area contributed by atoms with E-state index in [1.807, 2.05) is 97.3 Å². The Labute approximate surface area is 319 Å². The van der Waals surface area contributed by atoms with E-state index >= 15 is 0 Å². The summed E-state index contributed by atoms with van der Waals surface area (Å²) in [5.74, 6) is 0. The first-order valence-corrected chi connectivity index (χ1v) is 18.2. The quantitative estimate of drug-likeness (QED) is 0.179. The Hall–Kier alpha value is -8.20. The second kappa shape index (κ2) is 12.2. The first-order chi connectivity index (χ1) is 27.6. The van der Waals surface area contributed by atoms with Crippen molar-refractivity contribution in [3.05, 3.63) is 169 Å². The number of benzene rings is 7. The maximum absolute atomic E-state index is 10.0. The molecule has 0 unspecified atom stereocenters. The van der Waals surface area contributed by atoms with Crippen LogP contribution in [-0.2, 0) is 0 Å². The maximum atomic E-state index is 10.0. The number of aromatic nitrogens is 6. The molecule has 0 spiro atoms. The van der Waals surface area contributed by atoms with Crippen LogP contribution in [0.1, 0.15) is 11.1 Å². The summed E-state index contributed by atoms with van der Waals surface area (Å²) in [6.07, 6.45) is 3.63. The lowest BCUT2D eigenvalue weighted by Crippen LogP contribution is -1.96. The number of nitrogens with zero attached hydrogens (tertiary/aromatic N) is 8. The van der Waals surface area contributed by atoms with E-state index in [0.29, 0.717) is 11.1 Å². The van der Waals surface area contributed by atoms with Crippen LogP contribution in [0.2, 0.25) is 0 Å². The molecule has 0 bridgehead atoms. The van der Waals surface area contributed by atoms with Gasteiger partial charge >= 0.3 is 0 Å². The molecule has 0 aliphatic heterocycles. The summed E-state index contributed by atoms with van der Waals surface area (Å²) in [4.78, 5) is 19.0. The summed E-state index contributed by atoms with van der Waals surface area (Å²) in [6.45, 7) is 0. The Morgan fingerprint density at radius 3 is 1.21 bits per heavy atom. The zero-order valence-corrected chi connectivity index (χ0v) is 29.6. The molecule has 56 heavy (non-hydrogen) atoms. The second-order valence-corrected chi connectivity index (χ2v) is 13.8. The molecule has 7 aromatic carbocycles. The first-order valence-electron chi connectivity index (χ1n) is 18.2. The smallest absolute Gasteiger partial charge is 0.0991 e. The Bertz CT molecular complexity index is 3260. The fourth-order valence-electron chi connectivity index (χ4n) is 8.07. The monoisotopic (exact) mass is 714 g/mol. The molecule has 0 atom stereocenters.